The molecule has 0 saturated heterocycles. The lowest BCUT2D eigenvalue weighted by molar-refractivity contribution is 1.11. The molecule has 0 aliphatic heterocycles. The van der Waals surface area contributed by atoms with Crippen molar-refractivity contribution in [3.63, 3.8) is 0 Å². The Hall–Kier alpha value is -1.16. The molecule has 0 aliphatic rings. The number of aromatic amines is 1. The zero-order valence-corrected chi connectivity index (χ0v) is 8.18. The summed E-state index contributed by atoms with van der Waals surface area (Å²) in [6.07, 6.45) is 1.81. The maximum Gasteiger partial charge on any atom is 0.0670 e. The van der Waals surface area contributed by atoms with Gasteiger partial charge in [-0.1, -0.05) is 0 Å². The molecule has 0 fully saturated rings. The summed E-state index contributed by atoms with van der Waals surface area (Å²) in [5, 5.41) is 11.3. The van der Waals surface area contributed by atoms with Gasteiger partial charge in [0.1, 0.15) is 0 Å². The fourth-order valence-electron chi connectivity index (χ4n) is 1.27. The molecule has 0 amide bonds. The number of benzene rings is 1. The third-order valence-electron chi connectivity index (χ3n) is 1.82. The standard InChI is InChI=1S/C9H11N3S/c1-6(13)11-8-3-2-7-5-10-12-9(7)4-8/h2-6,11,13H,1H3,(H,10,12). The minimum absolute atomic E-state index is 0.153. The molecule has 13 heavy (non-hydrogen) atoms. The highest BCUT2D eigenvalue weighted by Gasteiger charge is 1.98. The number of aromatic nitrogens is 2. The number of fused-ring (bicyclic) bond motifs is 1. The minimum atomic E-state index is 0.153. The summed E-state index contributed by atoms with van der Waals surface area (Å²) >= 11 is 4.25. The molecule has 1 heterocycles. The number of thiol groups is 1. The van der Waals surface area contributed by atoms with Gasteiger partial charge >= 0.3 is 0 Å². The first-order chi connectivity index (χ1) is 6.25. The molecule has 1 atom stereocenters. The summed E-state index contributed by atoms with van der Waals surface area (Å²) in [6.45, 7) is 1.99. The van der Waals surface area contributed by atoms with Crippen molar-refractivity contribution in [1.82, 2.24) is 10.2 Å². The molecule has 0 aliphatic carbocycles. The van der Waals surface area contributed by atoms with E-state index in [1.807, 2.05) is 31.3 Å². The molecule has 68 valence electrons. The van der Waals surface area contributed by atoms with E-state index in [4.69, 9.17) is 0 Å². The van der Waals surface area contributed by atoms with Crippen LogP contribution in [0.5, 0.6) is 0 Å². The van der Waals surface area contributed by atoms with E-state index in [1.54, 1.807) is 0 Å². The van der Waals surface area contributed by atoms with Crippen LogP contribution >= 0.6 is 12.6 Å². The highest BCUT2D eigenvalue weighted by atomic mass is 32.1. The first kappa shape index (κ1) is 8.44. The normalized spacial score (nSPS) is 13.1. The quantitative estimate of drug-likeness (QED) is 0.506. The second kappa shape index (κ2) is 3.30. The maximum atomic E-state index is 4.25. The van der Waals surface area contributed by atoms with E-state index in [-0.39, 0.29) is 5.37 Å². The summed E-state index contributed by atoms with van der Waals surface area (Å²) in [5.74, 6) is 0. The topological polar surface area (TPSA) is 40.7 Å². The third kappa shape index (κ3) is 1.78. The van der Waals surface area contributed by atoms with Crippen molar-refractivity contribution in [3.8, 4) is 0 Å². The van der Waals surface area contributed by atoms with Gasteiger partial charge in [-0.3, -0.25) is 5.10 Å². The maximum absolute atomic E-state index is 4.25. The Labute approximate surface area is 81.9 Å². The summed E-state index contributed by atoms with van der Waals surface area (Å²) in [6, 6.07) is 6.07. The zero-order chi connectivity index (χ0) is 9.26. The molecule has 0 radical (unpaired) electrons. The molecule has 1 aromatic carbocycles. The largest absolute Gasteiger partial charge is 0.374 e. The molecular formula is C9H11N3S. The first-order valence-electron chi connectivity index (χ1n) is 4.13. The Bertz CT molecular complexity index is 408. The highest BCUT2D eigenvalue weighted by molar-refractivity contribution is 7.81. The van der Waals surface area contributed by atoms with Crippen molar-refractivity contribution >= 4 is 29.2 Å². The van der Waals surface area contributed by atoms with Crippen LogP contribution in [0, 0.1) is 0 Å². The zero-order valence-electron chi connectivity index (χ0n) is 7.28. The number of H-pyrrole nitrogens is 1. The number of nitrogens with zero attached hydrogens (tertiary/aromatic N) is 1. The van der Waals surface area contributed by atoms with E-state index >= 15 is 0 Å². The summed E-state index contributed by atoms with van der Waals surface area (Å²) in [5.41, 5.74) is 2.10. The van der Waals surface area contributed by atoms with Crippen molar-refractivity contribution in [2.24, 2.45) is 0 Å². The van der Waals surface area contributed by atoms with Crippen molar-refractivity contribution in [2.45, 2.75) is 12.3 Å². The van der Waals surface area contributed by atoms with E-state index in [0.29, 0.717) is 0 Å². The SMILES string of the molecule is CC(S)Nc1ccc2cn[nH]c2c1. The molecule has 2 rings (SSSR count). The van der Waals surface area contributed by atoms with Crippen molar-refractivity contribution in [2.75, 3.05) is 5.32 Å². The molecule has 2 N–H and O–H groups in total. The minimum Gasteiger partial charge on any atom is -0.374 e. The highest BCUT2D eigenvalue weighted by Crippen LogP contribution is 2.17. The lowest BCUT2D eigenvalue weighted by Crippen LogP contribution is -2.06. The van der Waals surface area contributed by atoms with Gasteiger partial charge in [-0.25, -0.2) is 0 Å². The van der Waals surface area contributed by atoms with Gasteiger partial charge in [0.2, 0.25) is 0 Å². The fourth-order valence-corrected chi connectivity index (χ4v) is 1.42. The molecule has 0 bridgehead atoms. The van der Waals surface area contributed by atoms with Gasteiger partial charge in [-0.15, -0.1) is 0 Å². The molecule has 0 spiro atoms. The van der Waals surface area contributed by atoms with Crippen LogP contribution in [-0.4, -0.2) is 15.6 Å². The van der Waals surface area contributed by atoms with Crippen LogP contribution in [-0.2, 0) is 0 Å². The van der Waals surface area contributed by atoms with Crippen LogP contribution in [0.1, 0.15) is 6.92 Å². The van der Waals surface area contributed by atoms with Crippen LogP contribution in [0.2, 0.25) is 0 Å². The van der Waals surface area contributed by atoms with E-state index < -0.39 is 0 Å². The molecule has 1 unspecified atom stereocenters. The number of nitrogens with one attached hydrogen (secondary N) is 2. The van der Waals surface area contributed by atoms with Gasteiger partial charge in [0.05, 0.1) is 17.1 Å². The number of anilines is 1. The van der Waals surface area contributed by atoms with Gasteiger partial charge in [-0.2, -0.15) is 17.7 Å². The molecule has 0 saturated carbocycles. The van der Waals surface area contributed by atoms with Gasteiger partial charge in [-0.05, 0) is 25.1 Å². The van der Waals surface area contributed by atoms with Crippen LogP contribution in [0.25, 0.3) is 10.9 Å². The average molecular weight is 193 g/mol. The van der Waals surface area contributed by atoms with E-state index in [2.05, 4.69) is 28.1 Å². The predicted molar refractivity (Wildman–Crippen MR) is 58.2 cm³/mol. The Kier molecular flexibility index (Phi) is 2.14. The van der Waals surface area contributed by atoms with Crippen LogP contribution < -0.4 is 5.32 Å². The van der Waals surface area contributed by atoms with E-state index in [1.165, 1.54) is 0 Å². The third-order valence-corrected chi connectivity index (χ3v) is 1.95. The summed E-state index contributed by atoms with van der Waals surface area (Å²) < 4.78 is 0. The molecule has 2 aromatic rings. The Morgan fingerprint density at radius 1 is 1.54 bits per heavy atom. The van der Waals surface area contributed by atoms with Crippen LogP contribution in [0.3, 0.4) is 0 Å². The number of hydrogen-bond donors (Lipinski definition) is 3. The molecular weight excluding hydrogens is 182 g/mol. The van der Waals surface area contributed by atoms with Crippen molar-refractivity contribution in [3.05, 3.63) is 24.4 Å². The monoisotopic (exact) mass is 193 g/mol. The Morgan fingerprint density at radius 3 is 3.15 bits per heavy atom. The summed E-state index contributed by atoms with van der Waals surface area (Å²) in [4.78, 5) is 0. The average Bonchev–Trinajstić information content (AvgIpc) is 2.49. The van der Waals surface area contributed by atoms with Gasteiger partial charge < -0.3 is 5.32 Å². The molecule has 4 heteroatoms. The number of hydrogen-bond acceptors (Lipinski definition) is 3. The Morgan fingerprint density at radius 2 is 2.38 bits per heavy atom. The smallest absolute Gasteiger partial charge is 0.0670 e. The van der Waals surface area contributed by atoms with E-state index in [9.17, 15) is 0 Å². The van der Waals surface area contributed by atoms with Gasteiger partial charge in [0.15, 0.2) is 0 Å². The summed E-state index contributed by atoms with van der Waals surface area (Å²) in [7, 11) is 0. The lowest BCUT2D eigenvalue weighted by Gasteiger charge is -2.08. The van der Waals surface area contributed by atoms with Crippen molar-refractivity contribution < 1.29 is 0 Å². The second-order valence-corrected chi connectivity index (χ2v) is 3.77. The fraction of sp³-hybridized carbons (Fsp3) is 0.222. The van der Waals surface area contributed by atoms with Gasteiger partial charge in [0, 0.05) is 11.1 Å². The Balaban J connectivity index is 2.37. The van der Waals surface area contributed by atoms with Gasteiger partial charge in [0.25, 0.3) is 0 Å². The second-order valence-electron chi connectivity index (χ2n) is 2.99. The van der Waals surface area contributed by atoms with Crippen molar-refractivity contribution in [1.29, 1.82) is 0 Å². The van der Waals surface area contributed by atoms with E-state index in [0.717, 1.165) is 16.6 Å². The first-order valence-corrected chi connectivity index (χ1v) is 4.65. The van der Waals surface area contributed by atoms with Crippen LogP contribution in [0.15, 0.2) is 24.4 Å². The number of rotatable bonds is 2. The molecule has 1 aromatic heterocycles. The predicted octanol–water partition coefficient (Wildman–Crippen LogP) is 2.25. The lowest BCUT2D eigenvalue weighted by atomic mass is 10.2. The molecule has 3 nitrogen and oxygen atoms in total. The van der Waals surface area contributed by atoms with Crippen LogP contribution in [0.4, 0.5) is 5.69 Å².